The Bertz CT molecular complexity index is 686. The molecule has 1 aromatic carbocycles. The van der Waals surface area contributed by atoms with Crippen molar-refractivity contribution in [3.8, 4) is 0 Å². The highest BCUT2D eigenvalue weighted by atomic mass is 32.2. The molecule has 8 nitrogen and oxygen atoms in total. The predicted octanol–water partition coefficient (Wildman–Crippen LogP) is 2.19. The van der Waals surface area contributed by atoms with Crippen LogP contribution >= 0.6 is 0 Å². The molecule has 0 spiro atoms. The van der Waals surface area contributed by atoms with Crippen molar-refractivity contribution in [1.82, 2.24) is 4.31 Å². The Hall–Kier alpha value is -2.00. The number of hydrogen-bond acceptors (Lipinski definition) is 6. The van der Waals surface area contributed by atoms with Crippen molar-refractivity contribution in [2.24, 2.45) is 5.92 Å². The molecular weight excluding hydrogens is 336 g/mol. The lowest BCUT2D eigenvalue weighted by atomic mass is 9.96. The van der Waals surface area contributed by atoms with E-state index in [1.54, 1.807) is 0 Å². The van der Waals surface area contributed by atoms with Crippen molar-refractivity contribution >= 4 is 21.7 Å². The van der Waals surface area contributed by atoms with Crippen LogP contribution in [0.1, 0.15) is 26.7 Å². The Morgan fingerprint density at radius 3 is 2.29 bits per heavy atom. The first-order valence-electron chi connectivity index (χ1n) is 7.44. The second kappa shape index (κ2) is 8.20. The fourth-order valence-electron chi connectivity index (χ4n) is 2.30. The molecule has 0 fully saturated rings. The van der Waals surface area contributed by atoms with Crippen LogP contribution in [-0.4, -0.2) is 43.8 Å². The first-order chi connectivity index (χ1) is 11.1. The van der Waals surface area contributed by atoms with E-state index in [0.717, 1.165) is 16.4 Å². The van der Waals surface area contributed by atoms with E-state index in [9.17, 15) is 23.3 Å². The van der Waals surface area contributed by atoms with Gasteiger partial charge in [-0.25, -0.2) is 8.42 Å². The zero-order valence-corrected chi connectivity index (χ0v) is 14.9. The van der Waals surface area contributed by atoms with Crippen molar-refractivity contribution < 1.29 is 22.9 Å². The second-order valence-electron chi connectivity index (χ2n) is 5.51. The van der Waals surface area contributed by atoms with Gasteiger partial charge in [0.2, 0.25) is 10.0 Å². The number of methoxy groups -OCH3 is 1. The van der Waals surface area contributed by atoms with Crippen molar-refractivity contribution in [3.05, 3.63) is 34.4 Å². The molecule has 1 aromatic rings. The average Bonchev–Trinajstić information content (AvgIpc) is 2.57. The zero-order chi connectivity index (χ0) is 18.5. The molecule has 2 atom stereocenters. The Labute approximate surface area is 141 Å². The van der Waals surface area contributed by atoms with E-state index in [0.29, 0.717) is 6.42 Å². The van der Waals surface area contributed by atoms with E-state index < -0.39 is 27.0 Å². The Kier molecular flexibility index (Phi) is 6.85. The Morgan fingerprint density at radius 2 is 1.88 bits per heavy atom. The van der Waals surface area contributed by atoms with E-state index in [1.807, 2.05) is 13.8 Å². The summed E-state index contributed by atoms with van der Waals surface area (Å²) in [5.74, 6) is -0.562. The summed E-state index contributed by atoms with van der Waals surface area (Å²) in [5, 5.41) is 10.7. The van der Waals surface area contributed by atoms with Crippen molar-refractivity contribution in [2.45, 2.75) is 37.6 Å². The van der Waals surface area contributed by atoms with Gasteiger partial charge in [0.05, 0.1) is 23.3 Å². The third-order valence-corrected chi connectivity index (χ3v) is 5.99. The molecule has 0 radical (unpaired) electrons. The maximum Gasteiger partial charge on any atom is 0.307 e. The number of carbonyl (C=O) groups excluding carboxylic acids is 1. The van der Waals surface area contributed by atoms with Crippen LogP contribution in [0.5, 0.6) is 0 Å². The fraction of sp³-hybridized carbons (Fsp3) is 0.533. The third kappa shape index (κ3) is 4.51. The molecule has 9 heteroatoms. The van der Waals surface area contributed by atoms with Gasteiger partial charge in [0.1, 0.15) is 0 Å². The number of nitrogens with zero attached hydrogens (tertiary/aromatic N) is 2. The molecule has 0 bridgehead atoms. The first-order valence-corrected chi connectivity index (χ1v) is 8.88. The highest BCUT2D eigenvalue weighted by Gasteiger charge is 2.33. The average molecular weight is 358 g/mol. The molecule has 0 saturated carbocycles. The van der Waals surface area contributed by atoms with Gasteiger partial charge in [0, 0.05) is 25.2 Å². The van der Waals surface area contributed by atoms with Crippen LogP contribution in [0.2, 0.25) is 0 Å². The molecule has 0 heterocycles. The van der Waals surface area contributed by atoms with Gasteiger partial charge in [0.25, 0.3) is 5.69 Å². The summed E-state index contributed by atoms with van der Waals surface area (Å²) in [6, 6.07) is 4.09. The molecule has 24 heavy (non-hydrogen) atoms. The number of esters is 1. The SMILES string of the molecule is CC[C@H](C)[C@H](CC(=O)OC)N(C)S(=O)(=O)c1ccc([N+](=O)[O-])cc1. The Balaban J connectivity index is 3.16. The van der Waals surface area contributed by atoms with Gasteiger partial charge in [-0.15, -0.1) is 0 Å². The molecule has 0 aliphatic carbocycles. The van der Waals surface area contributed by atoms with Crippen LogP contribution in [0.4, 0.5) is 5.69 Å². The largest absolute Gasteiger partial charge is 0.469 e. The summed E-state index contributed by atoms with van der Waals surface area (Å²) in [7, 11) is -1.24. The molecule has 0 unspecified atom stereocenters. The standard InChI is InChI=1S/C15H22N2O6S/c1-5-11(2)14(10-15(18)23-4)16(3)24(21,22)13-8-6-12(7-9-13)17(19)20/h6-9,11,14H,5,10H2,1-4H3/t11-,14-/m0/s1. The highest BCUT2D eigenvalue weighted by molar-refractivity contribution is 7.89. The first kappa shape index (κ1) is 20.0. The summed E-state index contributed by atoms with van der Waals surface area (Å²) in [5.41, 5.74) is -0.190. The topological polar surface area (TPSA) is 107 Å². The molecule has 0 aliphatic rings. The lowest BCUT2D eigenvalue weighted by Crippen LogP contribution is -2.42. The number of non-ortho nitro benzene ring substituents is 1. The van der Waals surface area contributed by atoms with E-state index >= 15 is 0 Å². The summed E-state index contributed by atoms with van der Waals surface area (Å²) >= 11 is 0. The van der Waals surface area contributed by atoms with Crippen molar-refractivity contribution in [3.63, 3.8) is 0 Å². The van der Waals surface area contributed by atoms with Gasteiger partial charge in [-0.3, -0.25) is 14.9 Å². The molecule has 0 amide bonds. The van der Waals surface area contributed by atoms with Gasteiger partial charge < -0.3 is 4.74 Å². The Morgan fingerprint density at radius 1 is 1.33 bits per heavy atom. The van der Waals surface area contributed by atoms with Crippen LogP contribution in [0.15, 0.2) is 29.2 Å². The normalized spacial score (nSPS) is 14.2. The van der Waals surface area contributed by atoms with Gasteiger partial charge in [-0.1, -0.05) is 20.3 Å². The second-order valence-corrected chi connectivity index (χ2v) is 7.50. The molecule has 0 aliphatic heterocycles. The number of ether oxygens (including phenoxy) is 1. The summed E-state index contributed by atoms with van der Waals surface area (Å²) < 4.78 is 31.3. The summed E-state index contributed by atoms with van der Waals surface area (Å²) in [6.45, 7) is 3.76. The van der Waals surface area contributed by atoms with E-state index in [1.165, 1.54) is 26.3 Å². The minimum absolute atomic E-state index is 0.0613. The van der Waals surface area contributed by atoms with E-state index in [2.05, 4.69) is 4.74 Å². The van der Waals surface area contributed by atoms with Gasteiger partial charge >= 0.3 is 5.97 Å². The highest BCUT2D eigenvalue weighted by Crippen LogP contribution is 2.25. The lowest BCUT2D eigenvalue weighted by Gasteiger charge is -2.31. The number of carbonyl (C=O) groups is 1. The molecule has 0 N–H and O–H groups in total. The summed E-state index contributed by atoms with van der Waals surface area (Å²) in [4.78, 5) is 21.6. The predicted molar refractivity (Wildman–Crippen MR) is 87.9 cm³/mol. The van der Waals surface area contributed by atoms with Gasteiger partial charge in [-0.05, 0) is 18.1 Å². The number of rotatable bonds is 8. The number of sulfonamides is 1. The minimum atomic E-state index is -3.89. The number of hydrogen-bond donors (Lipinski definition) is 0. The number of nitro benzene ring substituents is 1. The summed E-state index contributed by atoms with van der Waals surface area (Å²) in [6.07, 6.45) is 0.621. The van der Waals surface area contributed by atoms with Gasteiger partial charge in [0.15, 0.2) is 0 Å². The molecule has 0 aromatic heterocycles. The lowest BCUT2D eigenvalue weighted by molar-refractivity contribution is -0.384. The molecule has 1 rings (SSSR count). The van der Waals surface area contributed by atoms with Crippen LogP contribution in [0.3, 0.4) is 0 Å². The van der Waals surface area contributed by atoms with E-state index in [4.69, 9.17) is 0 Å². The molecule has 0 saturated heterocycles. The smallest absolute Gasteiger partial charge is 0.307 e. The van der Waals surface area contributed by atoms with Gasteiger partial charge in [-0.2, -0.15) is 4.31 Å². The maximum atomic E-state index is 12.7. The van der Waals surface area contributed by atoms with Crippen molar-refractivity contribution in [1.29, 1.82) is 0 Å². The molecular formula is C15H22N2O6S. The molecule has 134 valence electrons. The van der Waals surface area contributed by atoms with E-state index in [-0.39, 0.29) is 22.9 Å². The van der Waals surface area contributed by atoms with Crippen molar-refractivity contribution in [2.75, 3.05) is 14.2 Å². The zero-order valence-electron chi connectivity index (χ0n) is 14.1. The minimum Gasteiger partial charge on any atom is -0.469 e. The van der Waals surface area contributed by atoms with Crippen LogP contribution < -0.4 is 0 Å². The quantitative estimate of drug-likeness (QED) is 0.400. The fourth-order valence-corrected chi connectivity index (χ4v) is 3.75. The van der Waals surface area contributed by atoms with Crippen LogP contribution in [-0.2, 0) is 19.6 Å². The third-order valence-electron chi connectivity index (χ3n) is 4.10. The number of benzene rings is 1. The van der Waals surface area contributed by atoms with Crippen LogP contribution in [0.25, 0.3) is 0 Å². The monoisotopic (exact) mass is 358 g/mol. The maximum absolute atomic E-state index is 12.7. The van der Waals surface area contributed by atoms with Crippen LogP contribution in [0, 0.1) is 16.0 Å². The number of nitro groups is 1.